The molecule has 21 heavy (non-hydrogen) atoms. The van der Waals surface area contributed by atoms with Crippen molar-refractivity contribution in [1.29, 1.82) is 0 Å². The number of carboxylic acid groups (broad SMARTS) is 1. The van der Waals surface area contributed by atoms with E-state index in [1.54, 1.807) is 0 Å². The normalized spacial score (nSPS) is 11.6. The topological polar surface area (TPSA) is 102 Å². The molecular formula is C11H9F2N3O4S. The molecular weight excluding hydrogens is 308 g/mol. The highest BCUT2D eigenvalue weighted by molar-refractivity contribution is 7.90. The van der Waals surface area contributed by atoms with Crippen molar-refractivity contribution in [2.75, 3.05) is 0 Å². The van der Waals surface area contributed by atoms with Crippen LogP contribution in [0.5, 0.6) is 0 Å². The van der Waals surface area contributed by atoms with Crippen molar-refractivity contribution in [1.82, 2.24) is 15.0 Å². The Balaban J connectivity index is 2.50. The summed E-state index contributed by atoms with van der Waals surface area (Å²) in [4.78, 5) is 9.89. The second-order valence-electron chi connectivity index (χ2n) is 4.18. The van der Waals surface area contributed by atoms with E-state index in [-0.39, 0.29) is 5.69 Å². The molecule has 1 aromatic carbocycles. The highest BCUT2D eigenvalue weighted by Gasteiger charge is 2.27. The average molecular weight is 317 g/mol. The number of halogens is 2. The minimum absolute atomic E-state index is 0.0538. The van der Waals surface area contributed by atoms with E-state index in [1.165, 1.54) is 17.9 Å². The lowest BCUT2D eigenvalue weighted by Gasteiger charge is -2.07. The summed E-state index contributed by atoms with van der Waals surface area (Å²) in [6.07, 6.45) is 1.32. The monoisotopic (exact) mass is 317 g/mol. The van der Waals surface area contributed by atoms with Crippen LogP contribution in [0.1, 0.15) is 16.1 Å². The van der Waals surface area contributed by atoms with Crippen LogP contribution in [-0.2, 0) is 22.6 Å². The van der Waals surface area contributed by atoms with E-state index in [0.29, 0.717) is 12.1 Å². The summed E-state index contributed by atoms with van der Waals surface area (Å²) in [6.45, 7) is 0. The number of carboxylic acids is 1. The van der Waals surface area contributed by atoms with Crippen molar-refractivity contribution >= 4 is 15.8 Å². The van der Waals surface area contributed by atoms with E-state index in [2.05, 4.69) is 10.3 Å². The van der Waals surface area contributed by atoms with Gasteiger partial charge in [-0.25, -0.2) is 22.0 Å². The van der Waals surface area contributed by atoms with E-state index < -0.39 is 43.7 Å². The number of aryl methyl sites for hydroxylation is 1. The molecule has 0 fully saturated rings. The highest BCUT2D eigenvalue weighted by Crippen LogP contribution is 2.23. The van der Waals surface area contributed by atoms with Gasteiger partial charge in [-0.3, -0.25) is 4.68 Å². The number of nitrogens with zero attached hydrogens (tertiary/aromatic N) is 3. The number of sulfone groups is 1. The number of aromatic nitrogens is 3. The number of hydrogen-bond donors (Lipinski definition) is 1. The first-order valence-electron chi connectivity index (χ1n) is 5.51. The van der Waals surface area contributed by atoms with Crippen molar-refractivity contribution in [3.63, 3.8) is 0 Å². The maximum absolute atomic E-state index is 13.9. The standard InChI is InChI=1S/C11H9F2N3O4S/c1-16-4-6(14-15-16)5-21(19,20)8-3-2-7(12)9(10(8)13)11(17)18/h2-4H,5H2,1H3,(H,17,18). The Hall–Kier alpha value is -2.36. The number of rotatable bonds is 4. The van der Waals surface area contributed by atoms with E-state index in [1.807, 2.05) is 0 Å². The van der Waals surface area contributed by atoms with Crippen molar-refractivity contribution in [3.8, 4) is 0 Å². The van der Waals surface area contributed by atoms with Crippen molar-refractivity contribution in [2.45, 2.75) is 10.6 Å². The summed E-state index contributed by atoms with van der Waals surface area (Å²) in [7, 11) is -2.71. The van der Waals surface area contributed by atoms with Crippen LogP contribution in [0.4, 0.5) is 8.78 Å². The summed E-state index contributed by atoms with van der Waals surface area (Å²) < 4.78 is 52.6. The molecule has 0 aliphatic heterocycles. The minimum Gasteiger partial charge on any atom is -0.477 e. The number of carbonyl (C=O) groups is 1. The van der Waals surface area contributed by atoms with Crippen LogP contribution < -0.4 is 0 Å². The van der Waals surface area contributed by atoms with E-state index in [9.17, 15) is 22.0 Å². The Bertz CT molecular complexity index is 817. The second-order valence-corrected chi connectivity index (χ2v) is 6.14. The molecule has 0 aliphatic carbocycles. The first-order chi connectivity index (χ1) is 9.72. The van der Waals surface area contributed by atoms with Gasteiger partial charge in [0.15, 0.2) is 15.7 Å². The Kier molecular flexibility index (Phi) is 3.73. The zero-order valence-electron chi connectivity index (χ0n) is 10.6. The molecule has 0 spiro atoms. The lowest BCUT2D eigenvalue weighted by Crippen LogP contribution is -2.13. The van der Waals surface area contributed by atoms with Gasteiger partial charge < -0.3 is 5.11 Å². The summed E-state index contributed by atoms with van der Waals surface area (Å²) in [5.41, 5.74) is -1.26. The van der Waals surface area contributed by atoms with Gasteiger partial charge in [0.05, 0.1) is 5.69 Å². The molecule has 10 heteroatoms. The Morgan fingerprint density at radius 3 is 2.57 bits per heavy atom. The van der Waals surface area contributed by atoms with Gasteiger partial charge in [-0.1, -0.05) is 5.21 Å². The summed E-state index contributed by atoms with van der Waals surface area (Å²) in [6, 6.07) is 1.28. The quantitative estimate of drug-likeness (QED) is 0.836. The Morgan fingerprint density at radius 1 is 1.38 bits per heavy atom. The van der Waals surface area contributed by atoms with Gasteiger partial charge in [-0.2, -0.15) is 0 Å². The molecule has 2 aromatic rings. The fourth-order valence-electron chi connectivity index (χ4n) is 1.70. The lowest BCUT2D eigenvalue weighted by molar-refractivity contribution is 0.0685. The van der Waals surface area contributed by atoms with E-state index >= 15 is 0 Å². The molecule has 0 amide bonds. The molecule has 0 saturated heterocycles. The smallest absolute Gasteiger partial charge is 0.341 e. The molecule has 0 aliphatic rings. The van der Waals surface area contributed by atoms with Crippen LogP contribution in [0, 0.1) is 11.6 Å². The van der Waals surface area contributed by atoms with E-state index in [0.717, 1.165) is 0 Å². The lowest BCUT2D eigenvalue weighted by atomic mass is 10.2. The largest absolute Gasteiger partial charge is 0.477 e. The minimum atomic E-state index is -4.22. The van der Waals surface area contributed by atoms with Crippen molar-refractivity contribution in [2.24, 2.45) is 7.05 Å². The summed E-state index contributed by atoms with van der Waals surface area (Å²) in [5.74, 6) is -5.55. The summed E-state index contributed by atoms with van der Waals surface area (Å²) >= 11 is 0. The number of aromatic carboxylic acids is 1. The zero-order chi connectivity index (χ0) is 15.8. The Morgan fingerprint density at radius 2 is 2.05 bits per heavy atom. The highest BCUT2D eigenvalue weighted by atomic mass is 32.2. The second kappa shape index (κ2) is 5.20. The van der Waals surface area contributed by atoms with Crippen LogP contribution in [0.3, 0.4) is 0 Å². The number of hydrogen-bond acceptors (Lipinski definition) is 5. The average Bonchev–Trinajstić information content (AvgIpc) is 2.72. The SMILES string of the molecule is Cn1cc(CS(=O)(=O)c2ccc(F)c(C(=O)O)c2F)nn1. The fourth-order valence-corrected chi connectivity index (χ4v) is 3.03. The predicted octanol–water partition coefficient (Wildman–Crippen LogP) is 0.765. The van der Waals surface area contributed by atoms with Crippen LogP contribution in [0.15, 0.2) is 23.2 Å². The van der Waals surface area contributed by atoms with Gasteiger partial charge in [0, 0.05) is 13.2 Å². The van der Waals surface area contributed by atoms with Crippen molar-refractivity contribution < 1.29 is 27.1 Å². The van der Waals surface area contributed by atoms with Gasteiger partial charge in [-0.05, 0) is 12.1 Å². The molecule has 0 saturated carbocycles. The van der Waals surface area contributed by atoms with Crippen molar-refractivity contribution in [3.05, 3.63) is 41.2 Å². The molecule has 0 atom stereocenters. The molecule has 0 radical (unpaired) electrons. The molecule has 1 N–H and O–H groups in total. The maximum atomic E-state index is 13.9. The van der Waals surface area contributed by atoms with Gasteiger partial charge in [0.2, 0.25) is 0 Å². The third-order valence-corrected chi connectivity index (χ3v) is 4.25. The first kappa shape index (κ1) is 15.0. The molecule has 0 bridgehead atoms. The molecule has 1 aromatic heterocycles. The number of benzene rings is 1. The molecule has 7 nitrogen and oxygen atoms in total. The first-order valence-corrected chi connectivity index (χ1v) is 7.17. The Labute approximate surface area is 117 Å². The van der Waals surface area contributed by atoms with Crippen LogP contribution in [0.2, 0.25) is 0 Å². The molecule has 1 heterocycles. The predicted molar refractivity (Wildman–Crippen MR) is 65.2 cm³/mol. The van der Waals surface area contributed by atoms with Crippen LogP contribution in [0.25, 0.3) is 0 Å². The van der Waals surface area contributed by atoms with Gasteiger partial charge in [0.25, 0.3) is 0 Å². The molecule has 0 unspecified atom stereocenters. The molecule has 112 valence electrons. The fraction of sp³-hybridized carbons (Fsp3) is 0.182. The van der Waals surface area contributed by atoms with Crippen LogP contribution in [-0.4, -0.2) is 34.5 Å². The molecule has 2 rings (SSSR count). The summed E-state index contributed by atoms with van der Waals surface area (Å²) in [5, 5.41) is 15.8. The maximum Gasteiger partial charge on any atom is 0.341 e. The zero-order valence-corrected chi connectivity index (χ0v) is 11.4. The van der Waals surface area contributed by atoms with Gasteiger partial charge in [0.1, 0.15) is 22.0 Å². The third kappa shape index (κ3) is 2.89. The van der Waals surface area contributed by atoms with Gasteiger partial charge >= 0.3 is 5.97 Å². The van der Waals surface area contributed by atoms with Crippen LogP contribution >= 0.6 is 0 Å². The van der Waals surface area contributed by atoms with E-state index in [4.69, 9.17) is 5.11 Å². The van der Waals surface area contributed by atoms with Gasteiger partial charge in [-0.15, -0.1) is 5.10 Å². The third-order valence-electron chi connectivity index (χ3n) is 2.59.